The number of rotatable bonds is 8. The standard InChI is InChI=1S/4C14H17.2C12H10Si.2ClH.2Zr/c4*1-5-12-7-6-9(2)13-8-10(3)11(4)14(12)13;2*1-3-7-11(8-4-1)13-12-9-5-2-6-10-12;;;;/h4*6-8H,5H2,1-4H3;2*1-10H;2*1H;;/q4*-1;;;;;2*+2/p-2. The fourth-order valence-electron chi connectivity index (χ4n) is 11.6. The Hall–Kier alpha value is -5.02. The molecule has 440 valence electrons. The Balaban J connectivity index is 0.000000187. The van der Waals surface area contributed by atoms with Gasteiger partial charge in [0.05, 0.1) is 0 Å². The molecule has 0 radical (unpaired) electrons. The van der Waals surface area contributed by atoms with Gasteiger partial charge in [0, 0.05) is 0 Å². The van der Waals surface area contributed by atoms with E-state index in [0.29, 0.717) is 0 Å². The Morgan fingerprint density at radius 1 is 0.267 bits per heavy atom. The summed E-state index contributed by atoms with van der Waals surface area (Å²) in [6.07, 6.45) is 4.50. The number of benzene rings is 8. The van der Waals surface area contributed by atoms with Crippen molar-refractivity contribution in [2.24, 2.45) is 0 Å². The van der Waals surface area contributed by atoms with Crippen molar-refractivity contribution >= 4 is 74.7 Å². The van der Waals surface area contributed by atoms with Crippen LogP contribution in [0.4, 0.5) is 0 Å². The van der Waals surface area contributed by atoms with E-state index in [1.165, 1.54) is 153 Å². The first-order chi connectivity index (χ1) is 40.3. The molecule has 0 bridgehead atoms. The fourth-order valence-corrected chi connectivity index (χ4v) is 19.3. The van der Waals surface area contributed by atoms with Crippen molar-refractivity contribution in [2.45, 2.75) is 136 Å². The van der Waals surface area contributed by atoms with Crippen LogP contribution in [0.15, 0.2) is 194 Å². The van der Waals surface area contributed by atoms with Crippen molar-refractivity contribution in [3.8, 4) is 0 Å². The molecule has 0 aliphatic rings. The second-order valence-electron chi connectivity index (χ2n) is 22.8. The molecule has 12 aromatic rings. The van der Waals surface area contributed by atoms with Crippen molar-refractivity contribution in [3.63, 3.8) is 0 Å². The van der Waals surface area contributed by atoms with Gasteiger partial charge in [-0.25, -0.2) is 0 Å². The summed E-state index contributed by atoms with van der Waals surface area (Å²) in [5.41, 5.74) is 22.1. The van der Waals surface area contributed by atoms with E-state index in [-0.39, 0.29) is 24.8 Å². The van der Waals surface area contributed by atoms with Crippen LogP contribution in [0.25, 0.3) is 43.1 Å². The Labute approximate surface area is 560 Å². The molecule has 6 heteroatoms. The summed E-state index contributed by atoms with van der Waals surface area (Å²) in [6.45, 7) is 35.4. The molecule has 0 atom stereocenters. The van der Waals surface area contributed by atoms with Gasteiger partial charge in [0.2, 0.25) is 0 Å². The molecule has 86 heavy (non-hydrogen) atoms. The van der Waals surface area contributed by atoms with Gasteiger partial charge in [-0.05, 0) is 25.7 Å². The van der Waals surface area contributed by atoms with E-state index in [0.717, 1.165) is 25.7 Å². The monoisotopic (exact) mass is 1350 g/mol. The molecule has 12 rings (SSSR count). The van der Waals surface area contributed by atoms with Crippen LogP contribution >= 0.6 is 0 Å². The molecule has 0 nitrogen and oxygen atoms in total. The van der Waals surface area contributed by atoms with Crippen molar-refractivity contribution in [1.29, 1.82) is 0 Å². The first-order valence-electron chi connectivity index (χ1n) is 30.3. The molecule has 0 spiro atoms. The molecule has 12 aromatic carbocycles. The third-order valence-corrected chi connectivity index (χ3v) is 29.4. The third kappa shape index (κ3) is 17.2. The first kappa shape index (κ1) is 71.7. The molecule has 0 amide bonds. The minimum absolute atomic E-state index is 0. The van der Waals surface area contributed by atoms with Crippen LogP contribution in [-0.4, -0.2) is 10.9 Å². The maximum atomic E-state index is 2.32. The van der Waals surface area contributed by atoms with Gasteiger partial charge in [0.1, 0.15) is 0 Å². The van der Waals surface area contributed by atoms with Gasteiger partial charge < -0.3 is 24.8 Å². The predicted molar refractivity (Wildman–Crippen MR) is 368 cm³/mol. The summed E-state index contributed by atoms with van der Waals surface area (Å²) < 4.78 is 0. The third-order valence-electron chi connectivity index (χ3n) is 17.3. The maximum absolute atomic E-state index is 2.32. The molecule has 0 heterocycles. The van der Waals surface area contributed by atoms with Crippen LogP contribution < -0.4 is 45.6 Å². The Morgan fingerprint density at radius 3 is 0.605 bits per heavy atom. The van der Waals surface area contributed by atoms with E-state index in [2.05, 4.69) is 305 Å². The van der Waals surface area contributed by atoms with Gasteiger partial charge in [-0.2, -0.15) is 22.3 Å². The summed E-state index contributed by atoms with van der Waals surface area (Å²) in [6, 6.07) is 70.6. The summed E-state index contributed by atoms with van der Waals surface area (Å²) in [5.74, 6) is 0. The fraction of sp³-hybridized carbons (Fsp3) is 0.250. The topological polar surface area (TPSA) is 0 Å². The quantitative estimate of drug-likeness (QED) is 0.105. The van der Waals surface area contributed by atoms with Crippen LogP contribution in [-0.2, 0) is 72.4 Å². The zero-order chi connectivity index (χ0) is 60.8. The van der Waals surface area contributed by atoms with Gasteiger partial charge in [-0.3, -0.25) is 0 Å². The Bertz CT molecular complexity index is 3620. The summed E-state index contributed by atoms with van der Waals surface area (Å²) in [4.78, 5) is 0. The van der Waals surface area contributed by atoms with Crippen LogP contribution in [0.3, 0.4) is 0 Å². The van der Waals surface area contributed by atoms with Crippen LogP contribution in [0.5, 0.6) is 0 Å². The zero-order valence-corrected chi connectivity index (χ0v) is 62.5. The van der Waals surface area contributed by atoms with Gasteiger partial charge in [-0.15, -0.1) is 136 Å². The minimum atomic E-state index is -0.455. The predicted octanol–water partition coefficient (Wildman–Crippen LogP) is 12.9. The second-order valence-corrected chi connectivity index (χ2v) is 33.9. The molecular weight excluding hydrogens is 1270 g/mol. The number of aryl methyl sites for hydroxylation is 16. The van der Waals surface area contributed by atoms with Crippen molar-refractivity contribution < 1.29 is 71.5 Å². The number of halogens is 2. The molecule has 0 saturated heterocycles. The van der Waals surface area contributed by atoms with Crippen LogP contribution in [0, 0.1) is 83.1 Å². The van der Waals surface area contributed by atoms with Crippen molar-refractivity contribution in [2.75, 3.05) is 0 Å². The van der Waals surface area contributed by atoms with E-state index in [4.69, 9.17) is 0 Å². The van der Waals surface area contributed by atoms with Gasteiger partial charge >= 0.3 is 200 Å². The molecule has 0 aliphatic heterocycles. The molecule has 0 saturated carbocycles. The number of hydrogen-bond donors (Lipinski definition) is 0. The summed E-state index contributed by atoms with van der Waals surface area (Å²) >= 11 is 3.29. The van der Waals surface area contributed by atoms with Gasteiger partial charge in [0.15, 0.2) is 0 Å². The molecule has 0 aliphatic carbocycles. The average Bonchev–Trinajstić information content (AvgIpc) is 2.80. The number of hydrogen-bond acceptors (Lipinski definition) is 0. The number of fused-ring (bicyclic) bond motifs is 4. The van der Waals surface area contributed by atoms with Crippen LogP contribution in [0.2, 0.25) is 0 Å². The summed E-state index contributed by atoms with van der Waals surface area (Å²) in [7, 11) is 0. The van der Waals surface area contributed by atoms with Gasteiger partial charge in [0.25, 0.3) is 0 Å². The Morgan fingerprint density at radius 2 is 0.442 bits per heavy atom. The average molecular weight is 1360 g/mol. The first-order valence-corrected chi connectivity index (χ1v) is 40.7. The van der Waals surface area contributed by atoms with E-state index in [1.54, 1.807) is 46.7 Å². The molecule has 0 aromatic heterocycles. The Kier molecular flexibility index (Phi) is 28.4. The van der Waals surface area contributed by atoms with E-state index < -0.39 is 10.9 Å². The molecular formula is C80H88Cl2Si2Zr2-2. The van der Waals surface area contributed by atoms with E-state index in [9.17, 15) is 0 Å². The molecule has 0 unspecified atom stereocenters. The van der Waals surface area contributed by atoms with Crippen molar-refractivity contribution in [1.82, 2.24) is 0 Å². The van der Waals surface area contributed by atoms with E-state index >= 15 is 0 Å². The SMILES string of the molecule is CCc1ccc(C)c2[cH-]c(C)c(C)c12.CCc1ccc(C)c2[cH-]c(C)c(C)c12.CCc1ccc(C)c2[cH-]c(C)c(C)c12.CCc1ccc(C)c2[cH-]c(C)c(C)c12.[Cl-].[Cl-].[Zr+2]=[Si](c1ccccc1)c1ccccc1.[Zr+2]=[Si](c1ccccc1)c1ccccc1. The van der Waals surface area contributed by atoms with Crippen molar-refractivity contribution in [3.05, 3.63) is 283 Å². The zero-order valence-electron chi connectivity index (χ0n) is 54.1. The second kappa shape index (κ2) is 34.1. The molecule has 0 fully saturated rings. The normalized spacial score (nSPS) is 10.5. The van der Waals surface area contributed by atoms with E-state index in [1.807, 2.05) is 0 Å². The summed E-state index contributed by atoms with van der Waals surface area (Å²) in [5, 5.41) is 17.8. The molecule has 0 N–H and O–H groups in total. The van der Waals surface area contributed by atoms with Gasteiger partial charge in [-0.1, -0.05) is 157 Å². The van der Waals surface area contributed by atoms with Crippen LogP contribution in [0.1, 0.15) is 117 Å².